The zero-order chi connectivity index (χ0) is 11.9. The number of hydrazine groups is 1. The van der Waals surface area contributed by atoms with Crippen LogP contribution < -0.4 is 11.3 Å². The Balaban J connectivity index is 1.75. The van der Waals surface area contributed by atoms with Crippen molar-refractivity contribution in [1.82, 2.24) is 15.4 Å². The van der Waals surface area contributed by atoms with Crippen molar-refractivity contribution < 1.29 is 4.74 Å². The van der Waals surface area contributed by atoms with Gasteiger partial charge in [0.2, 0.25) is 0 Å². The van der Waals surface area contributed by atoms with Crippen LogP contribution in [0.15, 0.2) is 18.7 Å². The van der Waals surface area contributed by atoms with E-state index in [4.69, 9.17) is 10.6 Å². The van der Waals surface area contributed by atoms with E-state index < -0.39 is 0 Å². The van der Waals surface area contributed by atoms with Crippen LogP contribution in [0.5, 0.6) is 0 Å². The lowest BCUT2D eigenvalue weighted by Gasteiger charge is -2.16. The topological polar surface area (TPSA) is 73.1 Å². The monoisotopic (exact) mass is 236 g/mol. The summed E-state index contributed by atoms with van der Waals surface area (Å²) in [6.07, 6.45) is 11.2. The second-order valence-electron chi connectivity index (χ2n) is 4.46. The predicted octanol–water partition coefficient (Wildman–Crippen LogP) is 1.33. The molecule has 5 heteroatoms. The molecular weight excluding hydrogens is 216 g/mol. The summed E-state index contributed by atoms with van der Waals surface area (Å²) in [5, 5.41) is 0. The molecule has 0 saturated carbocycles. The number of ether oxygens (including phenoxy) is 1. The van der Waals surface area contributed by atoms with Crippen LogP contribution in [-0.2, 0) is 4.74 Å². The summed E-state index contributed by atoms with van der Waals surface area (Å²) >= 11 is 0. The van der Waals surface area contributed by atoms with Crippen molar-refractivity contribution in [2.45, 2.75) is 44.2 Å². The normalized spacial score (nSPS) is 21.6. The molecule has 5 nitrogen and oxygen atoms in total. The summed E-state index contributed by atoms with van der Waals surface area (Å²) in [5.74, 6) is 5.56. The number of nitrogens with zero attached hydrogens (tertiary/aromatic N) is 2. The van der Waals surface area contributed by atoms with E-state index in [9.17, 15) is 0 Å². The van der Waals surface area contributed by atoms with Gasteiger partial charge in [-0.3, -0.25) is 11.3 Å². The molecule has 2 unspecified atom stereocenters. The van der Waals surface area contributed by atoms with Crippen molar-refractivity contribution >= 4 is 0 Å². The van der Waals surface area contributed by atoms with Crippen LogP contribution in [0.2, 0.25) is 0 Å². The number of hydrogen-bond acceptors (Lipinski definition) is 5. The quantitative estimate of drug-likeness (QED) is 0.576. The van der Waals surface area contributed by atoms with Gasteiger partial charge in [0.15, 0.2) is 0 Å². The van der Waals surface area contributed by atoms with Crippen molar-refractivity contribution in [3.63, 3.8) is 0 Å². The standard InChI is InChI=1S/C12H20N4O/c13-16-12(10-7-14-9-15-8-10)5-1-3-11-4-2-6-17-11/h7-9,11-12,16H,1-6,13H2. The van der Waals surface area contributed by atoms with Gasteiger partial charge < -0.3 is 4.74 Å². The lowest BCUT2D eigenvalue weighted by molar-refractivity contribution is 0.101. The third-order valence-corrected chi connectivity index (χ3v) is 3.23. The highest BCUT2D eigenvalue weighted by molar-refractivity contribution is 5.08. The van der Waals surface area contributed by atoms with E-state index in [-0.39, 0.29) is 6.04 Å². The molecule has 0 aromatic carbocycles. The average molecular weight is 236 g/mol. The fourth-order valence-electron chi connectivity index (χ4n) is 2.26. The maximum atomic E-state index is 5.60. The first-order valence-corrected chi connectivity index (χ1v) is 6.23. The Kier molecular flexibility index (Phi) is 4.85. The average Bonchev–Trinajstić information content (AvgIpc) is 2.89. The van der Waals surface area contributed by atoms with E-state index in [0.29, 0.717) is 6.10 Å². The van der Waals surface area contributed by atoms with Gasteiger partial charge in [-0.2, -0.15) is 0 Å². The first-order chi connectivity index (χ1) is 8.40. The van der Waals surface area contributed by atoms with Gasteiger partial charge in [0.1, 0.15) is 6.33 Å². The van der Waals surface area contributed by atoms with Crippen LogP contribution in [0.4, 0.5) is 0 Å². The fourth-order valence-corrected chi connectivity index (χ4v) is 2.26. The maximum Gasteiger partial charge on any atom is 0.115 e. The highest BCUT2D eigenvalue weighted by atomic mass is 16.5. The molecule has 2 atom stereocenters. The Morgan fingerprint density at radius 2 is 2.29 bits per heavy atom. The van der Waals surface area contributed by atoms with Gasteiger partial charge in [-0.15, -0.1) is 0 Å². The highest BCUT2D eigenvalue weighted by Crippen LogP contribution is 2.21. The lowest BCUT2D eigenvalue weighted by Crippen LogP contribution is -2.28. The minimum absolute atomic E-state index is 0.137. The smallest absolute Gasteiger partial charge is 0.115 e. The number of rotatable bonds is 6. The van der Waals surface area contributed by atoms with Gasteiger partial charge >= 0.3 is 0 Å². The zero-order valence-electron chi connectivity index (χ0n) is 10.0. The molecule has 1 aliphatic rings. The van der Waals surface area contributed by atoms with Crippen LogP contribution in [0.25, 0.3) is 0 Å². The fraction of sp³-hybridized carbons (Fsp3) is 0.667. The van der Waals surface area contributed by atoms with E-state index in [2.05, 4.69) is 15.4 Å². The van der Waals surface area contributed by atoms with Crippen LogP contribution in [-0.4, -0.2) is 22.7 Å². The van der Waals surface area contributed by atoms with Gasteiger partial charge in [0, 0.05) is 30.6 Å². The molecule has 1 saturated heterocycles. The lowest BCUT2D eigenvalue weighted by atomic mass is 10.0. The zero-order valence-corrected chi connectivity index (χ0v) is 10.0. The Morgan fingerprint density at radius 3 is 2.94 bits per heavy atom. The molecule has 1 fully saturated rings. The molecule has 3 N–H and O–H groups in total. The molecule has 0 amide bonds. The van der Waals surface area contributed by atoms with Crippen LogP contribution >= 0.6 is 0 Å². The van der Waals surface area contributed by atoms with Crippen molar-refractivity contribution in [1.29, 1.82) is 0 Å². The Hall–Kier alpha value is -1.04. The molecule has 2 rings (SSSR count). The van der Waals surface area contributed by atoms with Crippen molar-refractivity contribution in [3.05, 3.63) is 24.3 Å². The number of nitrogens with two attached hydrogens (primary N) is 1. The second kappa shape index (κ2) is 6.64. The first-order valence-electron chi connectivity index (χ1n) is 6.23. The predicted molar refractivity (Wildman–Crippen MR) is 64.9 cm³/mol. The summed E-state index contributed by atoms with van der Waals surface area (Å²) in [5.41, 5.74) is 3.87. The Bertz CT molecular complexity index is 314. The second-order valence-corrected chi connectivity index (χ2v) is 4.46. The minimum atomic E-state index is 0.137. The summed E-state index contributed by atoms with van der Waals surface area (Å²) in [7, 11) is 0. The molecule has 0 spiro atoms. The van der Waals surface area contributed by atoms with E-state index in [1.807, 2.05) is 12.4 Å². The van der Waals surface area contributed by atoms with Gasteiger partial charge in [0.25, 0.3) is 0 Å². The van der Waals surface area contributed by atoms with Gasteiger partial charge in [0.05, 0.1) is 6.10 Å². The number of aromatic nitrogens is 2. The molecule has 94 valence electrons. The summed E-state index contributed by atoms with van der Waals surface area (Å²) in [6, 6.07) is 0.137. The summed E-state index contributed by atoms with van der Waals surface area (Å²) in [4.78, 5) is 8.02. The van der Waals surface area contributed by atoms with Crippen molar-refractivity contribution in [2.24, 2.45) is 5.84 Å². The third-order valence-electron chi connectivity index (χ3n) is 3.23. The third kappa shape index (κ3) is 3.73. The number of nitrogens with one attached hydrogen (secondary N) is 1. The summed E-state index contributed by atoms with van der Waals surface area (Å²) in [6.45, 7) is 0.926. The van der Waals surface area contributed by atoms with Crippen LogP contribution in [0.1, 0.15) is 43.7 Å². The highest BCUT2D eigenvalue weighted by Gasteiger charge is 2.16. The van der Waals surface area contributed by atoms with Crippen LogP contribution in [0.3, 0.4) is 0 Å². The van der Waals surface area contributed by atoms with Crippen LogP contribution in [0, 0.1) is 0 Å². The summed E-state index contributed by atoms with van der Waals surface area (Å²) < 4.78 is 5.60. The maximum absolute atomic E-state index is 5.60. The molecule has 2 heterocycles. The molecule has 0 bridgehead atoms. The largest absolute Gasteiger partial charge is 0.378 e. The molecular formula is C12H20N4O. The molecule has 1 aromatic rings. The minimum Gasteiger partial charge on any atom is -0.378 e. The van der Waals surface area contributed by atoms with Crippen molar-refractivity contribution in [2.75, 3.05) is 6.61 Å². The molecule has 17 heavy (non-hydrogen) atoms. The molecule has 1 aliphatic heterocycles. The van der Waals surface area contributed by atoms with Crippen molar-refractivity contribution in [3.8, 4) is 0 Å². The van der Waals surface area contributed by atoms with Gasteiger partial charge in [-0.25, -0.2) is 9.97 Å². The molecule has 0 radical (unpaired) electrons. The van der Waals surface area contributed by atoms with E-state index in [1.54, 1.807) is 0 Å². The number of hydrogen-bond donors (Lipinski definition) is 2. The van der Waals surface area contributed by atoms with E-state index in [1.165, 1.54) is 19.2 Å². The van der Waals surface area contributed by atoms with E-state index in [0.717, 1.165) is 31.4 Å². The van der Waals surface area contributed by atoms with E-state index >= 15 is 0 Å². The Labute approximate surface area is 102 Å². The van der Waals surface area contributed by atoms with Gasteiger partial charge in [-0.1, -0.05) is 0 Å². The Morgan fingerprint density at radius 1 is 1.47 bits per heavy atom. The first kappa shape index (κ1) is 12.4. The SMILES string of the molecule is NNC(CCCC1CCCO1)c1cncnc1. The molecule has 1 aromatic heterocycles. The molecule has 0 aliphatic carbocycles. The van der Waals surface area contributed by atoms with Gasteiger partial charge in [-0.05, 0) is 32.1 Å².